The zero-order valence-electron chi connectivity index (χ0n) is 12.5. The highest BCUT2D eigenvalue weighted by Gasteiger charge is 2.24. The van der Waals surface area contributed by atoms with Gasteiger partial charge in [0.1, 0.15) is 0 Å². The Balaban J connectivity index is 1.71. The molecule has 2 N–H and O–H groups in total. The van der Waals surface area contributed by atoms with E-state index in [4.69, 9.17) is 0 Å². The fraction of sp³-hybridized carbons (Fsp3) is 0.692. The molecule has 3 rings (SSSR count). The first-order valence-electron chi connectivity index (χ1n) is 7.53. The van der Waals surface area contributed by atoms with Gasteiger partial charge in [-0.05, 0) is 36.2 Å². The molecule has 2 aromatic rings. The topological polar surface area (TPSA) is 92.0 Å². The van der Waals surface area contributed by atoms with Crippen molar-refractivity contribution in [2.24, 2.45) is 0 Å². The number of nitrogens with one attached hydrogen (secondary N) is 2. The van der Waals surface area contributed by atoms with Crippen molar-refractivity contribution in [1.29, 1.82) is 0 Å². The van der Waals surface area contributed by atoms with Crippen molar-refractivity contribution in [3.63, 3.8) is 0 Å². The molecule has 21 heavy (non-hydrogen) atoms. The van der Waals surface area contributed by atoms with E-state index in [9.17, 15) is 0 Å². The van der Waals surface area contributed by atoms with E-state index in [-0.39, 0.29) is 0 Å². The van der Waals surface area contributed by atoms with E-state index in [1.165, 1.54) is 12.8 Å². The average Bonchev–Trinajstić information content (AvgIpc) is 3.19. The minimum Gasteiger partial charge on any atom is -0.366 e. The molecule has 1 aliphatic rings. The highest BCUT2D eigenvalue weighted by Crippen LogP contribution is 2.27. The molecule has 0 spiro atoms. The normalized spacial score (nSPS) is 14.8. The maximum absolute atomic E-state index is 4.68. The second-order valence-electron chi connectivity index (χ2n) is 5.20. The molecule has 0 bridgehead atoms. The van der Waals surface area contributed by atoms with Crippen LogP contribution in [0.25, 0.3) is 11.3 Å². The molecule has 0 unspecified atom stereocenters. The summed E-state index contributed by atoms with van der Waals surface area (Å²) in [6.45, 7) is 8.19. The van der Waals surface area contributed by atoms with Crippen molar-refractivity contribution in [3.05, 3.63) is 0 Å². The molecule has 8 heteroatoms. The molecule has 0 amide bonds. The Hall–Kier alpha value is -1.96. The molecule has 1 fully saturated rings. The van der Waals surface area contributed by atoms with E-state index in [0.717, 1.165) is 37.8 Å². The minimum atomic E-state index is 0.432. The van der Waals surface area contributed by atoms with Gasteiger partial charge in [0, 0.05) is 19.1 Å². The molecule has 0 atom stereocenters. The Kier molecular flexibility index (Phi) is 4.14. The smallest absolute Gasteiger partial charge is 0.245 e. The summed E-state index contributed by atoms with van der Waals surface area (Å²) < 4.78 is 4.68. The zero-order valence-corrected chi connectivity index (χ0v) is 12.5. The first-order chi connectivity index (χ1) is 10.3. The third-order valence-corrected chi connectivity index (χ3v) is 3.65. The molecule has 0 aliphatic heterocycles. The van der Waals surface area contributed by atoms with Gasteiger partial charge in [-0.3, -0.25) is 0 Å². The van der Waals surface area contributed by atoms with E-state index >= 15 is 0 Å². The van der Waals surface area contributed by atoms with Crippen molar-refractivity contribution < 1.29 is 4.63 Å². The number of hydrogen-bond donors (Lipinski definition) is 2. The first kappa shape index (κ1) is 14.0. The van der Waals surface area contributed by atoms with Crippen LogP contribution in [-0.4, -0.2) is 57.4 Å². The van der Waals surface area contributed by atoms with Crippen LogP contribution < -0.4 is 10.6 Å². The average molecular weight is 291 g/mol. The Morgan fingerprint density at radius 2 is 1.76 bits per heavy atom. The minimum absolute atomic E-state index is 0.432. The van der Waals surface area contributed by atoms with Gasteiger partial charge in [-0.15, -0.1) is 0 Å². The number of fused-ring (bicyclic) bond motifs is 1. The Morgan fingerprint density at radius 1 is 1.10 bits per heavy atom. The lowest BCUT2D eigenvalue weighted by molar-refractivity contribution is 0.314. The van der Waals surface area contributed by atoms with Crippen LogP contribution in [0.4, 0.5) is 11.6 Å². The second kappa shape index (κ2) is 6.21. The summed E-state index contributed by atoms with van der Waals surface area (Å²) in [5.41, 5.74) is 0.870. The van der Waals surface area contributed by atoms with Crippen molar-refractivity contribution in [3.8, 4) is 0 Å². The molecule has 2 aromatic heterocycles. The summed E-state index contributed by atoms with van der Waals surface area (Å²) in [4.78, 5) is 11.2. The molecule has 2 heterocycles. The lowest BCUT2D eigenvalue weighted by Crippen LogP contribution is -2.29. The number of rotatable bonds is 8. The molecule has 0 aromatic carbocycles. The van der Waals surface area contributed by atoms with Crippen LogP contribution in [0, 0.1) is 0 Å². The third kappa shape index (κ3) is 3.38. The number of nitrogens with zero attached hydrogens (tertiary/aromatic N) is 5. The molecular weight excluding hydrogens is 270 g/mol. The van der Waals surface area contributed by atoms with Gasteiger partial charge in [0.2, 0.25) is 11.3 Å². The molecule has 0 radical (unpaired) electrons. The van der Waals surface area contributed by atoms with Crippen LogP contribution in [0.1, 0.15) is 26.7 Å². The lowest BCUT2D eigenvalue weighted by atomic mass is 10.4. The fourth-order valence-electron chi connectivity index (χ4n) is 2.16. The third-order valence-electron chi connectivity index (χ3n) is 3.65. The first-order valence-corrected chi connectivity index (χ1v) is 7.53. The van der Waals surface area contributed by atoms with Gasteiger partial charge in [-0.2, -0.15) is 0 Å². The second-order valence-corrected chi connectivity index (χ2v) is 5.20. The molecule has 0 saturated heterocycles. The van der Waals surface area contributed by atoms with Gasteiger partial charge in [0.25, 0.3) is 0 Å². The predicted octanol–water partition coefficient (Wildman–Crippen LogP) is 1.34. The lowest BCUT2D eigenvalue weighted by Gasteiger charge is -2.18. The van der Waals surface area contributed by atoms with E-state index in [0.29, 0.717) is 17.3 Å². The largest absolute Gasteiger partial charge is 0.366 e. The summed E-state index contributed by atoms with van der Waals surface area (Å²) in [5.74, 6) is 1.46. The van der Waals surface area contributed by atoms with Gasteiger partial charge < -0.3 is 15.5 Å². The fourth-order valence-corrected chi connectivity index (χ4v) is 2.16. The molecule has 114 valence electrons. The van der Waals surface area contributed by atoms with Crippen molar-refractivity contribution in [2.75, 3.05) is 36.8 Å². The maximum atomic E-state index is 4.68. The van der Waals surface area contributed by atoms with E-state index < -0.39 is 0 Å². The summed E-state index contributed by atoms with van der Waals surface area (Å²) in [7, 11) is 0. The van der Waals surface area contributed by atoms with Gasteiger partial charge in [-0.1, -0.05) is 13.8 Å². The predicted molar refractivity (Wildman–Crippen MR) is 80.3 cm³/mol. The van der Waals surface area contributed by atoms with E-state index in [1.807, 2.05) is 0 Å². The maximum Gasteiger partial charge on any atom is 0.245 e. The van der Waals surface area contributed by atoms with Crippen molar-refractivity contribution in [1.82, 2.24) is 25.2 Å². The summed E-state index contributed by atoms with van der Waals surface area (Å²) in [5, 5.41) is 14.2. The number of anilines is 2. The van der Waals surface area contributed by atoms with Gasteiger partial charge in [-0.25, -0.2) is 14.6 Å². The monoisotopic (exact) mass is 291 g/mol. The van der Waals surface area contributed by atoms with Crippen LogP contribution in [0.3, 0.4) is 0 Å². The Bertz CT molecular complexity index is 591. The number of likely N-dealkylation sites (N-methyl/N-ethyl adjacent to an activating group) is 1. The quantitative estimate of drug-likeness (QED) is 0.753. The Morgan fingerprint density at radius 3 is 2.38 bits per heavy atom. The standard InChI is InChI=1S/C13H21N7O/c1-3-20(4-2)8-7-14-10-11(15-9-5-6-9)17-13-12(16-10)18-21-19-13/h9H,3-8H2,1-2H3,(H,14,16,18)(H,15,17,19). The van der Waals surface area contributed by atoms with E-state index in [1.54, 1.807) is 0 Å². The summed E-state index contributed by atoms with van der Waals surface area (Å²) in [6.07, 6.45) is 2.35. The van der Waals surface area contributed by atoms with Crippen molar-refractivity contribution >= 4 is 22.9 Å². The summed E-state index contributed by atoms with van der Waals surface area (Å²) >= 11 is 0. The van der Waals surface area contributed by atoms with Crippen LogP contribution in [0.2, 0.25) is 0 Å². The molecular formula is C13H21N7O. The highest BCUT2D eigenvalue weighted by atomic mass is 16.6. The Labute approximate surface area is 123 Å². The van der Waals surface area contributed by atoms with Crippen LogP contribution >= 0.6 is 0 Å². The number of hydrogen-bond acceptors (Lipinski definition) is 8. The zero-order chi connectivity index (χ0) is 14.7. The molecule has 1 saturated carbocycles. The van der Waals surface area contributed by atoms with Crippen LogP contribution in [0.5, 0.6) is 0 Å². The van der Waals surface area contributed by atoms with E-state index in [2.05, 4.69) is 54.3 Å². The number of aromatic nitrogens is 4. The highest BCUT2D eigenvalue weighted by molar-refractivity contribution is 5.73. The van der Waals surface area contributed by atoms with Gasteiger partial charge in [0.05, 0.1) is 0 Å². The summed E-state index contributed by atoms with van der Waals surface area (Å²) in [6, 6.07) is 0.500. The molecule has 1 aliphatic carbocycles. The van der Waals surface area contributed by atoms with Gasteiger partial charge >= 0.3 is 0 Å². The van der Waals surface area contributed by atoms with Gasteiger partial charge in [0.15, 0.2) is 11.6 Å². The van der Waals surface area contributed by atoms with Crippen molar-refractivity contribution in [2.45, 2.75) is 32.7 Å². The SMILES string of the molecule is CCN(CC)CCNc1nc2nonc2nc1NC1CC1. The van der Waals surface area contributed by atoms with Crippen LogP contribution in [-0.2, 0) is 0 Å². The van der Waals surface area contributed by atoms with Crippen LogP contribution in [0.15, 0.2) is 4.63 Å². The molecule has 8 nitrogen and oxygen atoms in total.